The van der Waals surface area contributed by atoms with Crippen LogP contribution in [-0.2, 0) is 0 Å². The molecule has 1 aromatic rings. The van der Waals surface area contributed by atoms with Gasteiger partial charge in [0.05, 0.1) is 18.4 Å². The van der Waals surface area contributed by atoms with Gasteiger partial charge in [-0.15, -0.1) is 0 Å². The van der Waals surface area contributed by atoms with Crippen molar-refractivity contribution >= 4 is 11.6 Å². The summed E-state index contributed by atoms with van der Waals surface area (Å²) in [6.07, 6.45) is 0.875. The number of carbonyl (C=O) groups excluding carboxylic acids is 1. The van der Waals surface area contributed by atoms with Crippen LogP contribution < -0.4 is 11.1 Å². The van der Waals surface area contributed by atoms with Gasteiger partial charge >= 0.3 is 0 Å². The maximum absolute atomic E-state index is 11.3. The van der Waals surface area contributed by atoms with Crippen molar-refractivity contribution in [3.05, 3.63) is 18.2 Å². The Labute approximate surface area is 79.6 Å². The number of carbonyl (C=O) groups is 1. The molecule has 0 atom stereocenters. The van der Waals surface area contributed by atoms with Crippen LogP contribution >= 0.6 is 0 Å². The zero-order valence-corrected chi connectivity index (χ0v) is 7.21. The summed E-state index contributed by atoms with van der Waals surface area (Å²) < 4.78 is 0. The molecule has 0 unspecified atom stereocenters. The second-order valence-corrected chi connectivity index (χ2v) is 2.52. The largest absolute Gasteiger partial charge is 0.396 e. The fourth-order valence-electron chi connectivity index (χ4n) is 0.798. The van der Waals surface area contributed by atoms with E-state index in [1.165, 1.54) is 12.5 Å². The molecule has 0 aliphatic rings. The number of hydrogen-bond donors (Lipinski definition) is 4. The SMILES string of the molecule is Nc1cncnc1C(=O)NCC(O)O. The quantitative estimate of drug-likeness (QED) is 0.421. The number of aromatic nitrogens is 2. The number of nitrogens with zero attached hydrogens (tertiary/aromatic N) is 2. The van der Waals surface area contributed by atoms with E-state index in [4.69, 9.17) is 15.9 Å². The number of hydrogen-bond acceptors (Lipinski definition) is 6. The van der Waals surface area contributed by atoms with Crippen LogP contribution in [0.15, 0.2) is 12.5 Å². The van der Waals surface area contributed by atoms with Gasteiger partial charge < -0.3 is 21.3 Å². The van der Waals surface area contributed by atoms with Crippen LogP contribution in [-0.4, -0.2) is 38.9 Å². The first-order chi connectivity index (χ1) is 6.61. The summed E-state index contributed by atoms with van der Waals surface area (Å²) in [6, 6.07) is 0. The monoisotopic (exact) mass is 198 g/mol. The van der Waals surface area contributed by atoms with E-state index in [1.807, 2.05) is 0 Å². The molecule has 76 valence electrons. The molecule has 0 aromatic carbocycles. The van der Waals surface area contributed by atoms with Crippen molar-refractivity contribution in [2.24, 2.45) is 0 Å². The number of aliphatic hydroxyl groups excluding tert-OH is 1. The molecule has 0 aliphatic heterocycles. The van der Waals surface area contributed by atoms with Crippen LogP contribution in [0, 0.1) is 0 Å². The Morgan fingerprint density at radius 3 is 2.93 bits per heavy atom. The van der Waals surface area contributed by atoms with Crippen LogP contribution in [0.25, 0.3) is 0 Å². The van der Waals surface area contributed by atoms with Gasteiger partial charge in [0, 0.05) is 0 Å². The highest BCUT2D eigenvalue weighted by molar-refractivity contribution is 5.96. The number of amides is 1. The molecule has 1 rings (SSSR count). The van der Waals surface area contributed by atoms with Crippen molar-refractivity contribution in [1.82, 2.24) is 15.3 Å². The Morgan fingerprint density at radius 1 is 1.64 bits per heavy atom. The number of nitrogen functional groups attached to an aromatic ring is 1. The number of anilines is 1. The van der Waals surface area contributed by atoms with Gasteiger partial charge in [-0.1, -0.05) is 0 Å². The zero-order chi connectivity index (χ0) is 10.6. The Kier molecular flexibility index (Phi) is 3.32. The molecular formula is C7H10N4O3. The molecule has 0 spiro atoms. The minimum Gasteiger partial charge on any atom is -0.396 e. The molecule has 1 aromatic heterocycles. The van der Waals surface area contributed by atoms with E-state index in [1.54, 1.807) is 0 Å². The Balaban J connectivity index is 2.65. The molecular weight excluding hydrogens is 188 g/mol. The summed E-state index contributed by atoms with van der Waals surface area (Å²) >= 11 is 0. The average Bonchev–Trinajstić information content (AvgIpc) is 2.15. The van der Waals surface area contributed by atoms with Crippen molar-refractivity contribution in [3.8, 4) is 0 Å². The van der Waals surface area contributed by atoms with Gasteiger partial charge in [-0.2, -0.15) is 0 Å². The van der Waals surface area contributed by atoms with Crippen molar-refractivity contribution < 1.29 is 15.0 Å². The number of nitrogens with one attached hydrogen (secondary N) is 1. The van der Waals surface area contributed by atoms with E-state index in [9.17, 15) is 4.79 Å². The maximum atomic E-state index is 11.3. The molecule has 0 saturated carbocycles. The molecule has 7 nitrogen and oxygen atoms in total. The molecule has 0 fully saturated rings. The van der Waals surface area contributed by atoms with E-state index in [2.05, 4.69) is 15.3 Å². The third-order valence-electron chi connectivity index (χ3n) is 1.40. The first-order valence-corrected chi connectivity index (χ1v) is 3.81. The summed E-state index contributed by atoms with van der Waals surface area (Å²) in [5.74, 6) is -0.571. The summed E-state index contributed by atoms with van der Waals surface area (Å²) in [5, 5.41) is 19.2. The van der Waals surface area contributed by atoms with E-state index in [0.29, 0.717) is 0 Å². The standard InChI is InChI=1S/C7H10N4O3/c8-4-1-9-3-11-6(4)7(14)10-2-5(12)13/h1,3,5,12-13H,2,8H2,(H,10,14). The molecule has 1 amide bonds. The van der Waals surface area contributed by atoms with Crippen molar-refractivity contribution in [1.29, 1.82) is 0 Å². The van der Waals surface area contributed by atoms with E-state index < -0.39 is 12.2 Å². The summed E-state index contributed by atoms with van der Waals surface area (Å²) in [7, 11) is 0. The lowest BCUT2D eigenvalue weighted by molar-refractivity contribution is -0.0361. The fourth-order valence-corrected chi connectivity index (χ4v) is 0.798. The summed E-state index contributed by atoms with van der Waals surface area (Å²) in [5.41, 5.74) is 5.57. The van der Waals surface area contributed by atoms with Gasteiger partial charge in [-0.3, -0.25) is 4.79 Å². The van der Waals surface area contributed by atoms with Gasteiger partial charge in [0.15, 0.2) is 12.0 Å². The topological polar surface area (TPSA) is 121 Å². The minimum absolute atomic E-state index is 0.0145. The first kappa shape index (κ1) is 10.4. The predicted molar refractivity (Wildman–Crippen MR) is 47.0 cm³/mol. The summed E-state index contributed by atoms with van der Waals surface area (Å²) in [6.45, 7) is -0.276. The van der Waals surface area contributed by atoms with Gasteiger partial charge in [-0.05, 0) is 0 Å². The number of rotatable bonds is 3. The highest BCUT2D eigenvalue weighted by atomic mass is 16.5. The third kappa shape index (κ3) is 2.64. The highest BCUT2D eigenvalue weighted by Gasteiger charge is 2.11. The molecule has 5 N–H and O–H groups in total. The van der Waals surface area contributed by atoms with Crippen molar-refractivity contribution in [2.45, 2.75) is 6.29 Å². The Hall–Kier alpha value is -1.73. The zero-order valence-electron chi connectivity index (χ0n) is 7.21. The molecule has 14 heavy (non-hydrogen) atoms. The molecule has 7 heteroatoms. The van der Waals surface area contributed by atoms with Crippen LogP contribution in [0.3, 0.4) is 0 Å². The number of nitrogens with two attached hydrogens (primary N) is 1. The van der Waals surface area contributed by atoms with E-state index in [-0.39, 0.29) is 17.9 Å². The third-order valence-corrected chi connectivity index (χ3v) is 1.40. The fraction of sp³-hybridized carbons (Fsp3) is 0.286. The van der Waals surface area contributed by atoms with Crippen molar-refractivity contribution in [3.63, 3.8) is 0 Å². The smallest absolute Gasteiger partial charge is 0.272 e. The first-order valence-electron chi connectivity index (χ1n) is 3.81. The minimum atomic E-state index is -1.60. The Morgan fingerprint density at radius 2 is 2.36 bits per heavy atom. The van der Waals surface area contributed by atoms with Gasteiger partial charge in [0.25, 0.3) is 5.91 Å². The molecule has 0 aliphatic carbocycles. The van der Waals surface area contributed by atoms with Crippen molar-refractivity contribution in [2.75, 3.05) is 12.3 Å². The van der Waals surface area contributed by atoms with Crippen LogP contribution in [0.5, 0.6) is 0 Å². The lowest BCUT2D eigenvalue weighted by Crippen LogP contribution is -2.32. The molecule has 0 bridgehead atoms. The van der Waals surface area contributed by atoms with Gasteiger partial charge in [-0.25, -0.2) is 9.97 Å². The van der Waals surface area contributed by atoms with Crippen LogP contribution in [0.2, 0.25) is 0 Å². The summed E-state index contributed by atoms with van der Waals surface area (Å²) in [4.78, 5) is 18.5. The second kappa shape index (κ2) is 4.49. The molecule has 0 radical (unpaired) electrons. The highest BCUT2D eigenvalue weighted by Crippen LogP contribution is 2.03. The second-order valence-electron chi connectivity index (χ2n) is 2.52. The number of aliphatic hydroxyl groups is 2. The lowest BCUT2D eigenvalue weighted by Gasteiger charge is -2.06. The van der Waals surface area contributed by atoms with Crippen LogP contribution in [0.4, 0.5) is 5.69 Å². The maximum Gasteiger partial charge on any atom is 0.272 e. The van der Waals surface area contributed by atoms with E-state index in [0.717, 1.165) is 0 Å². The average molecular weight is 198 g/mol. The molecule has 1 heterocycles. The van der Waals surface area contributed by atoms with E-state index >= 15 is 0 Å². The van der Waals surface area contributed by atoms with Gasteiger partial charge in [0.1, 0.15) is 6.33 Å². The van der Waals surface area contributed by atoms with Gasteiger partial charge in [0.2, 0.25) is 0 Å². The normalized spacial score (nSPS) is 10.2. The lowest BCUT2D eigenvalue weighted by atomic mass is 10.3. The molecule has 0 saturated heterocycles. The Bertz CT molecular complexity index is 328. The van der Waals surface area contributed by atoms with Crippen LogP contribution in [0.1, 0.15) is 10.5 Å². The predicted octanol–water partition coefficient (Wildman–Crippen LogP) is -1.90.